The van der Waals surface area contributed by atoms with E-state index in [1.807, 2.05) is 109 Å². The second-order valence-corrected chi connectivity index (χ2v) is 15.5. The van der Waals surface area contributed by atoms with Gasteiger partial charge in [-0.3, -0.25) is 14.4 Å². The minimum absolute atomic E-state index is 0.116. The first kappa shape index (κ1) is 37.7. The molecule has 3 atom stereocenters. The largest absolute Gasteiger partial charge is 0.342 e. The van der Waals surface area contributed by atoms with E-state index in [-0.39, 0.29) is 35.5 Å². The van der Waals surface area contributed by atoms with E-state index in [9.17, 15) is 22.8 Å². The molecule has 2 aromatic rings. The van der Waals surface area contributed by atoms with Crippen molar-refractivity contribution in [3.05, 3.63) is 83.4 Å². The van der Waals surface area contributed by atoms with Crippen LogP contribution < -0.4 is 15.4 Å². The van der Waals surface area contributed by atoms with Gasteiger partial charge in [-0.25, -0.2) is 13.1 Å². The first-order valence-corrected chi connectivity index (χ1v) is 17.0. The molecule has 2 aromatic carbocycles. The number of nitrogens with zero attached hydrogens (tertiary/aromatic N) is 1. The average Bonchev–Trinajstić information content (AvgIpc) is 2.97. The van der Waals surface area contributed by atoms with Gasteiger partial charge in [-0.15, -0.1) is 0 Å². The minimum Gasteiger partial charge on any atom is -0.342 e. The average molecular weight is 641 g/mol. The van der Waals surface area contributed by atoms with Crippen LogP contribution in [0.15, 0.2) is 72.3 Å². The molecule has 45 heavy (non-hydrogen) atoms. The molecular weight excluding hydrogens is 588 g/mol. The van der Waals surface area contributed by atoms with Crippen LogP contribution in [0.25, 0.3) is 0 Å². The molecule has 0 heterocycles. The monoisotopic (exact) mass is 640 g/mol. The van der Waals surface area contributed by atoms with Gasteiger partial charge in [-0.05, 0) is 42.9 Å². The van der Waals surface area contributed by atoms with Crippen molar-refractivity contribution in [1.29, 1.82) is 0 Å². The quantitative estimate of drug-likeness (QED) is 0.266. The third kappa shape index (κ3) is 10.5. The maximum atomic E-state index is 14.1. The molecular formula is C35H52N4O5S. The van der Waals surface area contributed by atoms with Crippen LogP contribution >= 0.6 is 0 Å². The standard InChI is InChI=1S/C35H52N4O5S/c1-24(2)28(23-25(3)31(40)38-45(43,44)22-21-26-17-13-11-14-18-26)39(10)33(42)30(34(4,5)6)37-32(41)29(36-9)35(7,8)27-19-15-12-16-20-27/h11-20,23-24,28-30,36H,21-22H2,1-10H3,(H,37,41)(H,38,40)/t28-,29-,30-/m1/s1. The van der Waals surface area contributed by atoms with E-state index in [0.29, 0.717) is 0 Å². The lowest BCUT2D eigenvalue weighted by Gasteiger charge is -2.40. The molecule has 0 aliphatic carbocycles. The Labute approximate surface area is 270 Å². The highest BCUT2D eigenvalue weighted by Crippen LogP contribution is 2.29. The van der Waals surface area contributed by atoms with Crippen molar-refractivity contribution in [2.75, 3.05) is 19.8 Å². The first-order chi connectivity index (χ1) is 20.8. The van der Waals surface area contributed by atoms with Gasteiger partial charge in [0.2, 0.25) is 21.8 Å². The maximum absolute atomic E-state index is 14.1. The topological polar surface area (TPSA) is 125 Å². The van der Waals surface area contributed by atoms with Crippen LogP contribution in [0.5, 0.6) is 0 Å². The molecule has 0 aromatic heterocycles. The fourth-order valence-electron chi connectivity index (χ4n) is 5.33. The highest BCUT2D eigenvalue weighted by Gasteiger charge is 2.41. The Kier molecular flexibility index (Phi) is 13.1. The summed E-state index contributed by atoms with van der Waals surface area (Å²) in [6, 6.07) is 16.9. The maximum Gasteiger partial charge on any atom is 0.260 e. The Balaban J connectivity index is 2.25. The summed E-state index contributed by atoms with van der Waals surface area (Å²) in [4.78, 5) is 42.3. The van der Waals surface area contributed by atoms with E-state index < -0.39 is 44.9 Å². The predicted molar refractivity (Wildman–Crippen MR) is 181 cm³/mol. The van der Waals surface area contributed by atoms with E-state index >= 15 is 0 Å². The number of benzene rings is 2. The molecule has 248 valence electrons. The fourth-order valence-corrected chi connectivity index (χ4v) is 6.38. The number of sulfonamides is 1. The molecule has 0 saturated carbocycles. The highest BCUT2D eigenvalue weighted by molar-refractivity contribution is 7.90. The van der Waals surface area contributed by atoms with Crippen molar-refractivity contribution in [2.24, 2.45) is 11.3 Å². The Morgan fingerprint density at radius 1 is 0.889 bits per heavy atom. The third-order valence-electron chi connectivity index (χ3n) is 8.20. The zero-order valence-electron chi connectivity index (χ0n) is 28.5. The summed E-state index contributed by atoms with van der Waals surface area (Å²) >= 11 is 0. The lowest BCUT2D eigenvalue weighted by molar-refractivity contribution is -0.140. The molecule has 0 fully saturated rings. The molecule has 0 unspecified atom stereocenters. The lowest BCUT2D eigenvalue weighted by Crippen LogP contribution is -2.61. The summed E-state index contributed by atoms with van der Waals surface area (Å²) in [6.07, 6.45) is 1.88. The minimum atomic E-state index is -3.88. The van der Waals surface area contributed by atoms with Crippen LogP contribution in [0.1, 0.15) is 66.5 Å². The molecule has 3 amide bonds. The summed E-state index contributed by atoms with van der Waals surface area (Å²) in [5, 5.41) is 6.16. The highest BCUT2D eigenvalue weighted by atomic mass is 32.2. The molecule has 3 N–H and O–H groups in total. The van der Waals surface area contributed by atoms with Crippen molar-refractivity contribution < 1.29 is 22.8 Å². The van der Waals surface area contributed by atoms with Crippen LogP contribution in [-0.2, 0) is 36.2 Å². The third-order valence-corrected chi connectivity index (χ3v) is 9.44. The van der Waals surface area contributed by atoms with Crippen molar-refractivity contribution >= 4 is 27.7 Å². The SMILES string of the molecule is CN[C@H](C(=O)N[C@H](C(=O)N(C)[C@H](C=C(C)C(=O)NS(=O)(=O)CCc1ccccc1)C(C)C)C(C)(C)C)C(C)(C)c1ccccc1. The summed E-state index contributed by atoms with van der Waals surface area (Å²) in [5.74, 6) is -1.71. The Hall–Kier alpha value is -3.50. The Morgan fingerprint density at radius 3 is 1.91 bits per heavy atom. The van der Waals surface area contributed by atoms with Crippen LogP contribution in [0, 0.1) is 11.3 Å². The zero-order chi connectivity index (χ0) is 34.2. The molecule has 0 bridgehead atoms. The van der Waals surface area contributed by atoms with Gasteiger partial charge in [0.05, 0.1) is 17.8 Å². The van der Waals surface area contributed by atoms with Crippen LogP contribution in [-0.4, -0.2) is 69.0 Å². The second kappa shape index (κ2) is 15.7. The second-order valence-electron chi connectivity index (χ2n) is 13.6. The Bertz CT molecular complexity index is 1430. The summed E-state index contributed by atoms with van der Waals surface area (Å²) in [7, 11) is -0.515. The zero-order valence-corrected chi connectivity index (χ0v) is 29.3. The molecule has 2 rings (SSSR count). The number of hydrogen-bond donors (Lipinski definition) is 3. The number of aryl methyl sites for hydroxylation is 1. The number of nitrogens with one attached hydrogen (secondary N) is 3. The van der Waals surface area contributed by atoms with Crippen molar-refractivity contribution in [1.82, 2.24) is 20.3 Å². The van der Waals surface area contributed by atoms with Gasteiger partial charge in [-0.1, -0.05) is 115 Å². The molecule has 0 radical (unpaired) electrons. The van der Waals surface area contributed by atoms with Crippen molar-refractivity contribution in [3.8, 4) is 0 Å². The van der Waals surface area contributed by atoms with Gasteiger partial charge in [0, 0.05) is 18.0 Å². The van der Waals surface area contributed by atoms with Crippen molar-refractivity contribution in [2.45, 2.75) is 85.4 Å². The number of carbonyl (C=O) groups is 3. The lowest BCUT2D eigenvalue weighted by atomic mass is 9.76. The van der Waals surface area contributed by atoms with Crippen molar-refractivity contribution in [3.63, 3.8) is 0 Å². The van der Waals surface area contributed by atoms with Crippen LogP contribution in [0.2, 0.25) is 0 Å². The molecule has 10 heteroatoms. The number of likely N-dealkylation sites (N-methyl/N-ethyl adjacent to an activating group) is 2. The van der Waals surface area contributed by atoms with E-state index in [0.717, 1.165) is 11.1 Å². The number of carbonyl (C=O) groups excluding carboxylic acids is 3. The summed E-state index contributed by atoms with van der Waals surface area (Å²) < 4.78 is 27.5. The van der Waals surface area contributed by atoms with E-state index in [1.165, 1.54) is 11.8 Å². The van der Waals surface area contributed by atoms with Gasteiger partial charge in [0.1, 0.15) is 6.04 Å². The molecule has 0 spiro atoms. The molecule has 9 nitrogen and oxygen atoms in total. The summed E-state index contributed by atoms with van der Waals surface area (Å²) in [6.45, 7) is 15.0. The Morgan fingerprint density at radius 2 is 1.42 bits per heavy atom. The number of rotatable bonds is 14. The summed E-state index contributed by atoms with van der Waals surface area (Å²) in [5.41, 5.74) is 0.796. The van der Waals surface area contributed by atoms with Gasteiger partial charge in [0.15, 0.2) is 0 Å². The smallest absolute Gasteiger partial charge is 0.260 e. The normalized spacial score (nSPS) is 14.8. The fraction of sp³-hybridized carbons (Fsp3) is 0.514. The van der Waals surface area contributed by atoms with Gasteiger partial charge in [-0.2, -0.15) is 0 Å². The van der Waals surface area contributed by atoms with Gasteiger partial charge >= 0.3 is 0 Å². The first-order valence-electron chi connectivity index (χ1n) is 15.4. The van der Waals surface area contributed by atoms with E-state index in [1.54, 1.807) is 20.2 Å². The molecule has 0 aliphatic rings. The number of amides is 3. The van der Waals surface area contributed by atoms with Gasteiger partial charge in [0.25, 0.3) is 5.91 Å². The van der Waals surface area contributed by atoms with Gasteiger partial charge < -0.3 is 15.5 Å². The predicted octanol–water partition coefficient (Wildman–Crippen LogP) is 4.20. The van der Waals surface area contributed by atoms with Crippen LogP contribution in [0.3, 0.4) is 0 Å². The van der Waals surface area contributed by atoms with E-state index in [2.05, 4.69) is 15.4 Å². The number of hydrogen-bond acceptors (Lipinski definition) is 6. The van der Waals surface area contributed by atoms with E-state index in [4.69, 9.17) is 0 Å². The molecule has 0 aliphatic heterocycles. The molecule has 0 saturated heterocycles. The van der Waals surface area contributed by atoms with Crippen LogP contribution in [0.4, 0.5) is 0 Å².